The fraction of sp³-hybridized carbons (Fsp3) is 1.00. The zero-order valence-corrected chi connectivity index (χ0v) is 12.3. The van der Waals surface area contributed by atoms with Crippen molar-refractivity contribution in [3.05, 3.63) is 0 Å². The molecule has 0 saturated carbocycles. The van der Waals surface area contributed by atoms with Gasteiger partial charge in [-0.25, -0.2) is 0 Å². The largest absolute Gasteiger partial charge is 0.328 e. The Bertz CT molecular complexity index is 286. The maximum atomic E-state index is 10.6. The highest BCUT2D eigenvalue weighted by Crippen LogP contribution is 2.07. The van der Waals surface area contributed by atoms with E-state index in [1.165, 1.54) is 25.7 Å². The maximum absolute atomic E-state index is 10.6. The van der Waals surface area contributed by atoms with Crippen LogP contribution in [-0.4, -0.2) is 50.4 Å². The molecule has 0 aliphatic heterocycles. The average molecular weight is 266 g/mol. The van der Waals surface area contributed by atoms with Crippen molar-refractivity contribution in [2.24, 2.45) is 0 Å². The summed E-state index contributed by atoms with van der Waals surface area (Å²) in [5, 5.41) is 0. The molecular formula is C12H28NO3S+. The van der Waals surface area contributed by atoms with Gasteiger partial charge in [-0.2, -0.15) is 8.42 Å². The number of hydrogen-bond donors (Lipinski definition) is 1. The first-order valence-corrected chi connectivity index (χ1v) is 8.15. The van der Waals surface area contributed by atoms with Crippen molar-refractivity contribution in [2.75, 3.05) is 32.9 Å². The minimum absolute atomic E-state index is 0.108. The van der Waals surface area contributed by atoms with Crippen molar-refractivity contribution >= 4 is 10.1 Å². The highest BCUT2D eigenvalue weighted by atomic mass is 32.2. The maximum Gasteiger partial charge on any atom is 0.264 e. The highest BCUT2D eigenvalue weighted by Gasteiger charge is 2.14. The fourth-order valence-corrected chi connectivity index (χ4v) is 2.47. The van der Waals surface area contributed by atoms with Crippen LogP contribution in [0.5, 0.6) is 0 Å². The molecule has 0 radical (unpaired) electrons. The van der Waals surface area contributed by atoms with Gasteiger partial charge >= 0.3 is 0 Å². The van der Waals surface area contributed by atoms with Gasteiger partial charge in [0, 0.05) is 0 Å². The van der Waals surface area contributed by atoms with Crippen LogP contribution in [0.4, 0.5) is 0 Å². The lowest BCUT2D eigenvalue weighted by Gasteiger charge is -2.29. The zero-order valence-electron chi connectivity index (χ0n) is 11.5. The van der Waals surface area contributed by atoms with Gasteiger partial charge in [-0.05, 0) is 25.7 Å². The number of rotatable bonds is 10. The Morgan fingerprint density at radius 3 is 1.94 bits per heavy atom. The smallest absolute Gasteiger partial charge is 0.264 e. The van der Waals surface area contributed by atoms with E-state index in [9.17, 15) is 8.42 Å². The van der Waals surface area contributed by atoms with E-state index in [2.05, 4.69) is 21.0 Å². The van der Waals surface area contributed by atoms with Crippen LogP contribution < -0.4 is 0 Å². The quantitative estimate of drug-likeness (QED) is 0.375. The third-order valence-corrected chi connectivity index (χ3v) is 3.84. The molecule has 0 spiro atoms. The summed E-state index contributed by atoms with van der Waals surface area (Å²) in [4.78, 5) is 0. The van der Waals surface area contributed by atoms with Gasteiger partial charge in [-0.1, -0.05) is 19.8 Å². The first-order valence-electron chi connectivity index (χ1n) is 6.54. The van der Waals surface area contributed by atoms with E-state index in [0.29, 0.717) is 6.42 Å². The molecule has 0 bridgehead atoms. The first-order chi connectivity index (χ1) is 7.77. The Labute approximate surface area is 106 Å². The highest BCUT2D eigenvalue weighted by molar-refractivity contribution is 7.85. The summed E-state index contributed by atoms with van der Waals surface area (Å²) < 4.78 is 30.7. The number of nitrogens with zero attached hydrogens (tertiary/aromatic N) is 1. The third-order valence-electron chi connectivity index (χ3n) is 3.03. The van der Waals surface area contributed by atoms with Crippen LogP contribution in [0.2, 0.25) is 0 Å². The molecule has 0 aromatic rings. The molecule has 0 fully saturated rings. The second-order valence-corrected chi connectivity index (χ2v) is 7.01. The Balaban J connectivity index is 3.63. The summed E-state index contributed by atoms with van der Waals surface area (Å²) in [7, 11) is 0.587. The predicted octanol–water partition coefficient (Wildman–Crippen LogP) is 2.31. The minimum atomic E-state index is -3.77. The Kier molecular flexibility index (Phi) is 8.00. The molecule has 17 heavy (non-hydrogen) atoms. The first kappa shape index (κ1) is 16.9. The van der Waals surface area contributed by atoms with Gasteiger partial charge in [0.2, 0.25) is 0 Å². The summed E-state index contributed by atoms with van der Waals surface area (Å²) in [6.07, 6.45) is 6.46. The topological polar surface area (TPSA) is 54.4 Å². The molecule has 0 aliphatic rings. The molecule has 0 aliphatic carbocycles. The second kappa shape index (κ2) is 8.06. The van der Waals surface area contributed by atoms with E-state index in [1.54, 1.807) is 0 Å². The molecular weight excluding hydrogens is 238 g/mol. The van der Waals surface area contributed by atoms with Gasteiger partial charge in [-0.3, -0.25) is 4.55 Å². The van der Waals surface area contributed by atoms with Crippen molar-refractivity contribution < 1.29 is 17.5 Å². The van der Waals surface area contributed by atoms with E-state index in [4.69, 9.17) is 4.55 Å². The lowest BCUT2D eigenvalue weighted by atomic mass is 10.2. The predicted molar refractivity (Wildman–Crippen MR) is 71.6 cm³/mol. The van der Waals surface area contributed by atoms with Crippen molar-refractivity contribution in [3.8, 4) is 0 Å². The summed E-state index contributed by atoms with van der Waals surface area (Å²) >= 11 is 0. The lowest BCUT2D eigenvalue weighted by molar-refractivity contribution is -0.890. The summed E-state index contributed by atoms with van der Waals surface area (Å²) in [6.45, 7) is 4.32. The molecule has 4 nitrogen and oxygen atoms in total. The molecule has 0 heterocycles. The van der Waals surface area contributed by atoms with Gasteiger partial charge in [-0.15, -0.1) is 0 Å². The van der Waals surface area contributed by atoms with Crippen LogP contribution in [0.15, 0.2) is 0 Å². The van der Waals surface area contributed by atoms with Crippen LogP contribution >= 0.6 is 0 Å². The van der Waals surface area contributed by atoms with Crippen LogP contribution in [-0.2, 0) is 10.1 Å². The van der Waals surface area contributed by atoms with Gasteiger partial charge in [0.05, 0.1) is 32.9 Å². The Hall–Kier alpha value is -0.130. The Morgan fingerprint density at radius 2 is 1.47 bits per heavy atom. The summed E-state index contributed by atoms with van der Waals surface area (Å²) in [5.74, 6) is -0.108. The molecule has 0 saturated heterocycles. The number of unbranched alkanes of at least 4 members (excludes halogenated alkanes) is 4. The minimum Gasteiger partial charge on any atom is -0.328 e. The van der Waals surface area contributed by atoms with E-state index >= 15 is 0 Å². The normalized spacial score (nSPS) is 12.9. The van der Waals surface area contributed by atoms with Gasteiger partial charge < -0.3 is 4.48 Å². The van der Waals surface area contributed by atoms with Crippen molar-refractivity contribution in [1.82, 2.24) is 0 Å². The summed E-state index contributed by atoms with van der Waals surface area (Å²) in [6, 6.07) is 0. The van der Waals surface area contributed by atoms with Crippen LogP contribution in [0, 0.1) is 0 Å². The van der Waals surface area contributed by atoms with Crippen LogP contribution in [0.3, 0.4) is 0 Å². The molecule has 0 aromatic carbocycles. The van der Waals surface area contributed by atoms with E-state index in [0.717, 1.165) is 24.0 Å². The summed E-state index contributed by atoms with van der Waals surface area (Å²) in [5.41, 5.74) is 0. The second-order valence-electron chi connectivity index (χ2n) is 5.44. The fourth-order valence-electron chi connectivity index (χ4n) is 1.90. The lowest BCUT2D eigenvalue weighted by Crippen LogP contribution is -2.41. The zero-order chi connectivity index (χ0) is 13.4. The number of hydrogen-bond acceptors (Lipinski definition) is 2. The van der Waals surface area contributed by atoms with Crippen molar-refractivity contribution in [1.29, 1.82) is 0 Å². The van der Waals surface area contributed by atoms with E-state index < -0.39 is 10.1 Å². The van der Waals surface area contributed by atoms with E-state index in [-0.39, 0.29) is 5.75 Å². The Morgan fingerprint density at radius 1 is 0.941 bits per heavy atom. The molecule has 1 N–H and O–H groups in total. The molecule has 0 amide bonds. The third kappa shape index (κ3) is 12.1. The van der Waals surface area contributed by atoms with Crippen molar-refractivity contribution in [3.63, 3.8) is 0 Å². The van der Waals surface area contributed by atoms with Gasteiger partial charge in [0.15, 0.2) is 0 Å². The van der Waals surface area contributed by atoms with Crippen LogP contribution in [0.25, 0.3) is 0 Å². The molecule has 0 rings (SSSR count). The molecule has 0 aromatic heterocycles. The van der Waals surface area contributed by atoms with Crippen LogP contribution in [0.1, 0.15) is 45.4 Å². The molecule has 5 heteroatoms. The van der Waals surface area contributed by atoms with Gasteiger partial charge in [0.1, 0.15) is 0 Å². The van der Waals surface area contributed by atoms with Gasteiger partial charge in [0.25, 0.3) is 10.1 Å². The number of quaternary nitrogens is 1. The SMILES string of the molecule is CCCCCC[N+](C)(C)CCCCS(=O)(=O)O. The molecule has 0 atom stereocenters. The monoisotopic (exact) mass is 266 g/mol. The average Bonchev–Trinajstić information content (AvgIpc) is 2.18. The van der Waals surface area contributed by atoms with Crippen molar-refractivity contribution in [2.45, 2.75) is 45.4 Å². The van der Waals surface area contributed by atoms with E-state index in [1.807, 2.05) is 0 Å². The molecule has 104 valence electrons. The molecule has 0 unspecified atom stereocenters. The standard InChI is InChI=1S/C12H27NO3S/c1-4-5-6-7-10-13(2,3)11-8-9-12-17(14,15)16/h4-12H2,1-3H3/p+1.